The number of para-hydroxylation sites is 1. The highest BCUT2D eigenvalue weighted by Gasteiger charge is 2.42. The normalized spacial score (nSPS) is 24.7. The van der Waals surface area contributed by atoms with Crippen LogP contribution in [0, 0.1) is 17.7 Å². The number of aromatic nitrogens is 1. The molecule has 1 saturated heterocycles. The van der Waals surface area contributed by atoms with Crippen LogP contribution in [-0.4, -0.2) is 47.8 Å². The van der Waals surface area contributed by atoms with Crippen molar-refractivity contribution in [2.24, 2.45) is 11.8 Å². The van der Waals surface area contributed by atoms with Crippen LogP contribution >= 0.6 is 0 Å². The van der Waals surface area contributed by atoms with Crippen LogP contribution in [0.15, 0.2) is 36.5 Å². The smallest absolute Gasteiger partial charge is 0.197 e. The van der Waals surface area contributed by atoms with Gasteiger partial charge in [0.25, 0.3) is 0 Å². The van der Waals surface area contributed by atoms with E-state index in [1.165, 1.54) is 19.4 Å². The van der Waals surface area contributed by atoms with Crippen molar-refractivity contribution in [2.45, 2.75) is 25.4 Å². The molecule has 1 saturated carbocycles. The van der Waals surface area contributed by atoms with E-state index in [1.54, 1.807) is 18.2 Å². The molecule has 3 atom stereocenters. The number of aromatic hydroxyl groups is 1. The van der Waals surface area contributed by atoms with Gasteiger partial charge < -0.3 is 19.5 Å². The average Bonchev–Trinajstić information content (AvgIpc) is 3.21. The predicted octanol–water partition coefficient (Wildman–Crippen LogP) is 3.27. The third-order valence-electron chi connectivity index (χ3n) is 5.71. The lowest BCUT2D eigenvalue weighted by Gasteiger charge is -2.20. The van der Waals surface area contributed by atoms with Crippen LogP contribution in [0.1, 0.15) is 18.5 Å². The summed E-state index contributed by atoms with van der Waals surface area (Å²) in [4.78, 5) is 6.73. The minimum atomic E-state index is -0.366. The molecule has 27 heavy (non-hydrogen) atoms. The predicted molar refractivity (Wildman–Crippen MR) is 99.6 cm³/mol. The summed E-state index contributed by atoms with van der Waals surface area (Å²) in [6.07, 6.45) is 4.33. The number of rotatable bonds is 6. The summed E-state index contributed by atoms with van der Waals surface area (Å²) in [5.74, 6) is 1.72. The zero-order valence-electron chi connectivity index (χ0n) is 15.5. The van der Waals surface area contributed by atoms with Crippen molar-refractivity contribution in [2.75, 3.05) is 26.7 Å². The van der Waals surface area contributed by atoms with Crippen LogP contribution in [0.4, 0.5) is 4.39 Å². The summed E-state index contributed by atoms with van der Waals surface area (Å²) in [5, 5.41) is 9.31. The maximum Gasteiger partial charge on any atom is 0.197 e. The number of pyridine rings is 1. The lowest BCUT2D eigenvalue weighted by Crippen LogP contribution is -2.26. The molecule has 5 nitrogen and oxygen atoms in total. The number of nitrogens with zero attached hydrogens (tertiary/aromatic N) is 2. The number of hydrogen-bond donors (Lipinski definition) is 1. The first kappa shape index (κ1) is 18.0. The largest absolute Gasteiger partial charge is 0.506 e. The first-order valence-electron chi connectivity index (χ1n) is 9.48. The number of likely N-dealkylation sites (tertiary alicyclic amines) is 1. The molecule has 144 valence electrons. The van der Waals surface area contributed by atoms with Crippen molar-refractivity contribution >= 4 is 0 Å². The van der Waals surface area contributed by atoms with Crippen LogP contribution in [0.5, 0.6) is 17.2 Å². The van der Waals surface area contributed by atoms with Crippen molar-refractivity contribution in [1.29, 1.82) is 0 Å². The molecule has 0 radical (unpaired) electrons. The van der Waals surface area contributed by atoms with E-state index in [0.717, 1.165) is 44.6 Å². The molecular weight excluding hydrogens is 347 g/mol. The van der Waals surface area contributed by atoms with Crippen molar-refractivity contribution in [3.05, 3.63) is 48.0 Å². The van der Waals surface area contributed by atoms with Crippen molar-refractivity contribution in [1.82, 2.24) is 9.88 Å². The highest BCUT2D eigenvalue weighted by atomic mass is 19.1. The van der Waals surface area contributed by atoms with Crippen molar-refractivity contribution in [3.63, 3.8) is 0 Å². The van der Waals surface area contributed by atoms with E-state index >= 15 is 0 Å². The third kappa shape index (κ3) is 4.00. The second-order valence-electron chi connectivity index (χ2n) is 7.52. The fourth-order valence-electron chi connectivity index (χ4n) is 4.39. The summed E-state index contributed by atoms with van der Waals surface area (Å²) in [7, 11) is 1.53. The van der Waals surface area contributed by atoms with Gasteiger partial charge in [0.05, 0.1) is 19.4 Å². The summed E-state index contributed by atoms with van der Waals surface area (Å²) in [5.41, 5.74) is 0.998. The molecule has 1 aliphatic carbocycles. The Morgan fingerprint density at radius 1 is 1.19 bits per heavy atom. The van der Waals surface area contributed by atoms with Crippen molar-refractivity contribution < 1.29 is 19.0 Å². The Hall–Kier alpha value is -2.34. The Labute approximate surface area is 158 Å². The molecule has 0 spiro atoms. The van der Waals surface area contributed by atoms with Gasteiger partial charge in [0.1, 0.15) is 5.75 Å². The van der Waals surface area contributed by atoms with Gasteiger partial charge in [-0.2, -0.15) is 0 Å². The first-order chi connectivity index (χ1) is 13.1. The van der Waals surface area contributed by atoms with E-state index in [4.69, 9.17) is 9.47 Å². The maximum atomic E-state index is 14.1. The second kappa shape index (κ2) is 7.72. The van der Waals surface area contributed by atoms with Gasteiger partial charge in [0.2, 0.25) is 0 Å². The fourth-order valence-corrected chi connectivity index (χ4v) is 4.39. The molecule has 1 aromatic heterocycles. The van der Waals surface area contributed by atoms with E-state index in [1.807, 2.05) is 6.07 Å². The highest BCUT2D eigenvalue weighted by molar-refractivity contribution is 5.41. The Balaban J connectivity index is 1.29. The first-order valence-corrected chi connectivity index (χ1v) is 9.48. The van der Waals surface area contributed by atoms with Crippen LogP contribution in [0.25, 0.3) is 0 Å². The standard InChI is InChI=1S/C21H25FN2O3/c1-26-20-4-2-3-19(22)21(20)27-18-9-14-12-24(13-15(14)10-18)8-7-16-5-6-17(25)11-23-16/h2-6,11,14-15,18,25H,7-10,12-13H2,1H3/t14-,15+,18?. The van der Waals surface area contributed by atoms with Gasteiger partial charge in [-0.3, -0.25) is 4.98 Å². The second-order valence-corrected chi connectivity index (χ2v) is 7.52. The number of hydrogen-bond acceptors (Lipinski definition) is 5. The Morgan fingerprint density at radius 3 is 2.63 bits per heavy atom. The molecule has 1 aromatic carbocycles. The summed E-state index contributed by atoms with van der Waals surface area (Å²) in [6, 6.07) is 8.32. The minimum absolute atomic E-state index is 0.0479. The zero-order valence-corrected chi connectivity index (χ0v) is 15.5. The van der Waals surface area contributed by atoms with Crippen molar-refractivity contribution in [3.8, 4) is 17.2 Å². The van der Waals surface area contributed by atoms with Gasteiger partial charge in [-0.05, 0) is 48.9 Å². The van der Waals surface area contributed by atoms with Crippen LogP contribution < -0.4 is 9.47 Å². The molecule has 0 bridgehead atoms. The number of fused-ring (bicyclic) bond motifs is 1. The SMILES string of the molecule is COc1cccc(F)c1OC1C[C@@H]2CN(CCc3ccc(O)cn3)C[C@@H]2C1. The van der Waals surface area contributed by atoms with Crippen LogP contribution in [0.2, 0.25) is 0 Å². The topological polar surface area (TPSA) is 54.8 Å². The Bertz CT molecular complexity index is 769. The van der Waals surface area contributed by atoms with Crippen LogP contribution in [-0.2, 0) is 6.42 Å². The third-order valence-corrected chi connectivity index (χ3v) is 5.71. The molecule has 2 heterocycles. The quantitative estimate of drug-likeness (QED) is 0.843. The van der Waals surface area contributed by atoms with Gasteiger partial charge in [-0.1, -0.05) is 6.07 Å². The molecule has 4 rings (SSSR count). The van der Waals surface area contributed by atoms with Crippen LogP contribution in [0.3, 0.4) is 0 Å². The molecule has 2 aliphatic rings. The van der Waals surface area contributed by atoms with E-state index in [9.17, 15) is 9.50 Å². The molecule has 1 aliphatic heterocycles. The van der Waals surface area contributed by atoms with E-state index in [0.29, 0.717) is 17.6 Å². The number of halogens is 1. The average molecular weight is 372 g/mol. The molecule has 2 fully saturated rings. The lowest BCUT2D eigenvalue weighted by molar-refractivity contribution is 0.172. The summed E-state index contributed by atoms with van der Waals surface area (Å²) < 4.78 is 25.3. The van der Waals surface area contributed by atoms with Gasteiger partial charge in [0, 0.05) is 31.7 Å². The zero-order chi connectivity index (χ0) is 18.8. The minimum Gasteiger partial charge on any atom is -0.506 e. The number of ether oxygens (including phenoxy) is 2. The van der Waals surface area contributed by atoms with Gasteiger partial charge in [-0.25, -0.2) is 4.39 Å². The Morgan fingerprint density at radius 2 is 1.96 bits per heavy atom. The summed E-state index contributed by atoms with van der Waals surface area (Å²) >= 11 is 0. The van der Waals surface area contributed by atoms with E-state index in [-0.39, 0.29) is 23.4 Å². The Kier molecular flexibility index (Phi) is 5.16. The molecule has 1 N–H and O–H groups in total. The lowest BCUT2D eigenvalue weighted by atomic mass is 10.0. The van der Waals surface area contributed by atoms with E-state index in [2.05, 4.69) is 9.88 Å². The molecule has 0 amide bonds. The maximum absolute atomic E-state index is 14.1. The molecular formula is C21H25FN2O3. The molecule has 6 heteroatoms. The highest BCUT2D eigenvalue weighted by Crippen LogP contribution is 2.41. The molecule has 2 aromatic rings. The number of benzene rings is 1. The van der Waals surface area contributed by atoms with Gasteiger partial charge in [0.15, 0.2) is 17.3 Å². The summed E-state index contributed by atoms with van der Waals surface area (Å²) in [6.45, 7) is 3.07. The fraction of sp³-hybridized carbons (Fsp3) is 0.476. The van der Waals surface area contributed by atoms with E-state index < -0.39 is 0 Å². The number of methoxy groups -OCH3 is 1. The molecule has 1 unspecified atom stereocenters. The van der Waals surface area contributed by atoms with Gasteiger partial charge >= 0.3 is 0 Å². The van der Waals surface area contributed by atoms with Gasteiger partial charge in [-0.15, -0.1) is 0 Å². The monoisotopic (exact) mass is 372 g/mol.